The first-order valence-corrected chi connectivity index (χ1v) is 6.50. The molecule has 74 valence electrons. The first-order valence-electron chi connectivity index (χ1n) is 4.07. The van der Waals surface area contributed by atoms with E-state index in [2.05, 4.69) is 28.7 Å². The topological polar surface area (TPSA) is 9.23 Å². The molecule has 0 amide bonds. The van der Waals surface area contributed by atoms with Crippen molar-refractivity contribution in [1.82, 2.24) is 0 Å². The van der Waals surface area contributed by atoms with Crippen LogP contribution < -0.4 is 4.74 Å². The van der Waals surface area contributed by atoms with E-state index in [4.69, 9.17) is 16.3 Å². The van der Waals surface area contributed by atoms with Gasteiger partial charge in [-0.15, -0.1) is 22.9 Å². The standard InChI is InChI=1S/C10H8ClIOS/c1-13-8-3-2-6(5-11)7-4-9(12)14-10(7)8/h2-4H,5H2,1H3. The summed E-state index contributed by atoms with van der Waals surface area (Å²) < 4.78 is 7.75. The maximum absolute atomic E-state index is 5.87. The molecule has 1 heterocycles. The molecule has 0 fully saturated rings. The molecular formula is C10H8ClIOS. The van der Waals surface area contributed by atoms with Crippen LogP contribution in [-0.4, -0.2) is 7.11 Å². The number of rotatable bonds is 2. The van der Waals surface area contributed by atoms with E-state index in [1.165, 1.54) is 18.5 Å². The van der Waals surface area contributed by atoms with E-state index in [1.807, 2.05) is 12.1 Å². The van der Waals surface area contributed by atoms with Gasteiger partial charge in [-0.2, -0.15) is 0 Å². The molecule has 0 spiro atoms. The van der Waals surface area contributed by atoms with Gasteiger partial charge in [0.05, 0.1) is 14.7 Å². The number of fused-ring (bicyclic) bond motifs is 1. The average molecular weight is 339 g/mol. The molecular weight excluding hydrogens is 331 g/mol. The number of methoxy groups -OCH3 is 1. The van der Waals surface area contributed by atoms with E-state index in [0.717, 1.165) is 5.75 Å². The molecule has 1 aromatic heterocycles. The summed E-state index contributed by atoms with van der Waals surface area (Å²) in [6.45, 7) is 0. The van der Waals surface area contributed by atoms with Gasteiger partial charge in [0.15, 0.2) is 0 Å². The zero-order valence-corrected chi connectivity index (χ0v) is 11.2. The van der Waals surface area contributed by atoms with E-state index >= 15 is 0 Å². The van der Waals surface area contributed by atoms with Gasteiger partial charge in [0.2, 0.25) is 0 Å². The fourth-order valence-corrected chi connectivity index (χ4v) is 3.53. The van der Waals surface area contributed by atoms with Crippen LogP contribution in [0.15, 0.2) is 18.2 Å². The first-order chi connectivity index (χ1) is 6.76. The molecule has 2 rings (SSSR count). The third kappa shape index (κ3) is 1.73. The molecule has 0 saturated carbocycles. The lowest BCUT2D eigenvalue weighted by molar-refractivity contribution is 0.420. The average Bonchev–Trinajstić information content (AvgIpc) is 2.57. The number of ether oxygens (including phenoxy) is 1. The Bertz CT molecular complexity index is 425. The Kier molecular flexibility index (Phi) is 3.19. The lowest BCUT2D eigenvalue weighted by Gasteiger charge is -2.03. The van der Waals surface area contributed by atoms with Crippen LogP contribution in [0.3, 0.4) is 0 Å². The predicted molar refractivity (Wildman–Crippen MR) is 70.7 cm³/mol. The highest BCUT2D eigenvalue weighted by Crippen LogP contribution is 2.36. The fourth-order valence-electron chi connectivity index (χ4n) is 1.40. The first kappa shape index (κ1) is 10.5. The van der Waals surface area contributed by atoms with Gasteiger partial charge in [0.1, 0.15) is 5.75 Å². The van der Waals surface area contributed by atoms with Crippen LogP contribution in [0.4, 0.5) is 0 Å². The molecule has 0 atom stereocenters. The normalized spacial score (nSPS) is 10.8. The summed E-state index contributed by atoms with van der Waals surface area (Å²) in [6.07, 6.45) is 0. The summed E-state index contributed by atoms with van der Waals surface area (Å²) in [5.41, 5.74) is 1.17. The van der Waals surface area contributed by atoms with Gasteiger partial charge < -0.3 is 4.74 Å². The Hall–Kier alpha value is -0.0000000000000000833. The van der Waals surface area contributed by atoms with Gasteiger partial charge in [-0.05, 0) is 40.3 Å². The number of hydrogen-bond acceptors (Lipinski definition) is 2. The minimum Gasteiger partial charge on any atom is -0.495 e. The molecule has 14 heavy (non-hydrogen) atoms. The molecule has 2 aromatic rings. The molecule has 1 nitrogen and oxygen atoms in total. The third-order valence-corrected chi connectivity index (χ3v) is 4.27. The van der Waals surface area contributed by atoms with Crippen LogP contribution in [0.2, 0.25) is 0 Å². The predicted octanol–water partition coefficient (Wildman–Crippen LogP) is 4.25. The van der Waals surface area contributed by atoms with Crippen LogP contribution >= 0.6 is 45.5 Å². The van der Waals surface area contributed by atoms with Gasteiger partial charge in [-0.25, -0.2) is 0 Å². The van der Waals surface area contributed by atoms with E-state index in [-0.39, 0.29) is 0 Å². The van der Waals surface area contributed by atoms with Gasteiger partial charge in [0, 0.05) is 11.3 Å². The molecule has 0 N–H and O–H groups in total. The smallest absolute Gasteiger partial charge is 0.136 e. The molecule has 4 heteroatoms. The van der Waals surface area contributed by atoms with Gasteiger partial charge in [-0.3, -0.25) is 0 Å². The second-order valence-corrected chi connectivity index (χ2v) is 6.07. The summed E-state index contributed by atoms with van der Waals surface area (Å²) in [5, 5.41) is 1.22. The molecule has 1 aromatic carbocycles. The summed E-state index contributed by atoms with van der Waals surface area (Å²) in [7, 11) is 1.70. The fraction of sp³-hybridized carbons (Fsp3) is 0.200. The Morgan fingerprint density at radius 2 is 2.29 bits per heavy atom. The van der Waals surface area contributed by atoms with Crippen molar-refractivity contribution in [1.29, 1.82) is 0 Å². The third-order valence-electron chi connectivity index (χ3n) is 2.07. The van der Waals surface area contributed by atoms with Gasteiger partial charge >= 0.3 is 0 Å². The number of thiophene rings is 1. The lowest BCUT2D eigenvalue weighted by atomic mass is 10.1. The molecule has 0 aliphatic heterocycles. The SMILES string of the molecule is COc1ccc(CCl)c2cc(I)sc12. The summed E-state index contributed by atoms with van der Waals surface area (Å²) in [6, 6.07) is 6.16. The number of hydrogen-bond donors (Lipinski definition) is 0. The zero-order valence-electron chi connectivity index (χ0n) is 7.51. The van der Waals surface area contributed by atoms with Gasteiger partial charge in [-0.1, -0.05) is 6.07 Å². The lowest BCUT2D eigenvalue weighted by Crippen LogP contribution is -1.84. The highest BCUT2D eigenvalue weighted by atomic mass is 127. The minimum atomic E-state index is 0.549. The van der Waals surface area contributed by atoms with Crippen molar-refractivity contribution >= 4 is 55.6 Å². The van der Waals surface area contributed by atoms with E-state index in [1.54, 1.807) is 18.4 Å². The monoisotopic (exact) mass is 338 g/mol. The Labute approximate surface area is 105 Å². The van der Waals surface area contributed by atoms with Crippen molar-refractivity contribution in [2.75, 3.05) is 7.11 Å². The Balaban J connectivity index is 2.77. The van der Waals surface area contributed by atoms with E-state index in [9.17, 15) is 0 Å². The van der Waals surface area contributed by atoms with Crippen LogP contribution in [0.1, 0.15) is 5.56 Å². The summed E-state index contributed by atoms with van der Waals surface area (Å²) in [5.74, 6) is 1.48. The second kappa shape index (κ2) is 4.24. The maximum Gasteiger partial charge on any atom is 0.136 e. The van der Waals surface area contributed by atoms with Crippen LogP contribution in [-0.2, 0) is 5.88 Å². The highest BCUT2D eigenvalue weighted by Gasteiger charge is 2.09. The van der Waals surface area contributed by atoms with Crippen molar-refractivity contribution in [2.24, 2.45) is 0 Å². The quantitative estimate of drug-likeness (QED) is 0.587. The molecule has 0 bridgehead atoms. The highest BCUT2D eigenvalue weighted by molar-refractivity contribution is 14.1. The van der Waals surface area contributed by atoms with Crippen LogP contribution in [0, 0.1) is 2.88 Å². The number of benzene rings is 1. The second-order valence-electron chi connectivity index (χ2n) is 2.85. The van der Waals surface area contributed by atoms with Crippen molar-refractivity contribution in [3.8, 4) is 5.75 Å². The molecule has 0 saturated heterocycles. The van der Waals surface area contributed by atoms with Crippen LogP contribution in [0.25, 0.3) is 10.1 Å². The minimum absolute atomic E-state index is 0.549. The maximum atomic E-state index is 5.87. The Morgan fingerprint density at radius 1 is 1.50 bits per heavy atom. The zero-order chi connectivity index (χ0) is 10.1. The number of alkyl halides is 1. The Morgan fingerprint density at radius 3 is 2.93 bits per heavy atom. The van der Waals surface area contributed by atoms with Crippen molar-refractivity contribution < 1.29 is 4.74 Å². The van der Waals surface area contributed by atoms with Crippen molar-refractivity contribution in [2.45, 2.75) is 5.88 Å². The molecule has 0 unspecified atom stereocenters. The van der Waals surface area contributed by atoms with E-state index < -0.39 is 0 Å². The molecule has 0 aliphatic carbocycles. The van der Waals surface area contributed by atoms with Crippen molar-refractivity contribution in [3.05, 3.63) is 26.6 Å². The van der Waals surface area contributed by atoms with Crippen LogP contribution in [0.5, 0.6) is 5.75 Å². The number of halogens is 2. The molecule has 0 radical (unpaired) electrons. The molecule has 0 aliphatic rings. The van der Waals surface area contributed by atoms with Crippen molar-refractivity contribution in [3.63, 3.8) is 0 Å². The summed E-state index contributed by atoms with van der Waals surface area (Å²) in [4.78, 5) is 0. The van der Waals surface area contributed by atoms with Gasteiger partial charge in [0.25, 0.3) is 0 Å². The summed E-state index contributed by atoms with van der Waals surface area (Å²) >= 11 is 9.93. The van der Waals surface area contributed by atoms with E-state index in [0.29, 0.717) is 5.88 Å². The largest absolute Gasteiger partial charge is 0.495 e.